The number of urea groups is 1. The number of rotatable bonds is 0. The van der Waals surface area contributed by atoms with Crippen LogP contribution in [0.25, 0.3) is 0 Å². The van der Waals surface area contributed by atoms with Crippen LogP contribution >= 0.6 is 0 Å². The van der Waals surface area contributed by atoms with Crippen LogP contribution in [0, 0.1) is 0 Å². The average molecular weight is 128 g/mol. The first-order valence-corrected chi connectivity index (χ1v) is 2.96. The molecule has 0 saturated carbocycles. The molecule has 2 amide bonds. The molecule has 0 N–H and O–H groups in total. The molecule has 0 radical (unpaired) electrons. The fraction of sp³-hybridized carbons (Fsp3) is 0.800. The molecule has 0 aliphatic carbocycles. The molecule has 2 heterocycles. The van der Waals surface area contributed by atoms with Gasteiger partial charge < -0.3 is 4.74 Å². The van der Waals surface area contributed by atoms with E-state index in [9.17, 15) is 4.79 Å². The SMILES string of the molecule is CN1C(=O)N2CCOC12. The summed E-state index contributed by atoms with van der Waals surface area (Å²) < 4.78 is 5.17. The van der Waals surface area contributed by atoms with Crippen LogP contribution in [0.2, 0.25) is 0 Å². The molecule has 0 bridgehead atoms. The number of carbonyl (C=O) groups is 1. The Hall–Kier alpha value is -0.770. The molecule has 50 valence electrons. The quantitative estimate of drug-likeness (QED) is 0.447. The molecule has 2 aliphatic heterocycles. The standard InChI is InChI=1S/C5H8N2O2/c1-6-4(8)7-2-3-9-5(6)7/h5H,2-3H2,1H3. The first-order chi connectivity index (χ1) is 4.30. The van der Waals surface area contributed by atoms with Gasteiger partial charge in [0.05, 0.1) is 13.2 Å². The van der Waals surface area contributed by atoms with Crippen molar-refractivity contribution in [2.24, 2.45) is 0 Å². The van der Waals surface area contributed by atoms with E-state index in [0.29, 0.717) is 6.61 Å². The van der Waals surface area contributed by atoms with Crippen LogP contribution in [-0.2, 0) is 4.74 Å². The molecule has 1 atom stereocenters. The zero-order valence-electron chi connectivity index (χ0n) is 5.20. The zero-order valence-corrected chi connectivity index (χ0v) is 5.20. The lowest BCUT2D eigenvalue weighted by molar-refractivity contribution is -0.101. The number of nitrogens with zero attached hydrogens (tertiary/aromatic N) is 2. The highest BCUT2D eigenvalue weighted by Gasteiger charge is 2.45. The van der Waals surface area contributed by atoms with Crippen molar-refractivity contribution in [3.63, 3.8) is 0 Å². The van der Waals surface area contributed by atoms with Crippen molar-refractivity contribution in [1.29, 1.82) is 0 Å². The van der Waals surface area contributed by atoms with E-state index in [2.05, 4.69) is 0 Å². The van der Waals surface area contributed by atoms with Gasteiger partial charge >= 0.3 is 6.03 Å². The molecule has 2 aliphatic rings. The Morgan fingerprint density at radius 1 is 1.78 bits per heavy atom. The zero-order chi connectivity index (χ0) is 6.43. The van der Waals surface area contributed by atoms with Crippen molar-refractivity contribution in [1.82, 2.24) is 9.80 Å². The van der Waals surface area contributed by atoms with E-state index in [1.54, 1.807) is 16.8 Å². The van der Waals surface area contributed by atoms with Gasteiger partial charge in [0.1, 0.15) is 0 Å². The van der Waals surface area contributed by atoms with Gasteiger partial charge in [-0.15, -0.1) is 0 Å². The van der Waals surface area contributed by atoms with Crippen LogP contribution in [0.5, 0.6) is 0 Å². The van der Waals surface area contributed by atoms with Gasteiger partial charge in [0.15, 0.2) is 0 Å². The summed E-state index contributed by atoms with van der Waals surface area (Å²) in [5, 5.41) is 0. The monoisotopic (exact) mass is 128 g/mol. The van der Waals surface area contributed by atoms with Crippen LogP contribution in [-0.4, -0.2) is 42.4 Å². The molecular weight excluding hydrogens is 120 g/mol. The van der Waals surface area contributed by atoms with Crippen LogP contribution in [0.4, 0.5) is 4.79 Å². The van der Waals surface area contributed by atoms with Gasteiger partial charge in [0.25, 0.3) is 0 Å². The predicted octanol–water partition coefficient (Wildman–Crippen LogP) is -0.332. The Bertz CT molecular complexity index is 159. The second-order valence-corrected chi connectivity index (χ2v) is 2.28. The molecule has 4 nitrogen and oxygen atoms in total. The minimum atomic E-state index is -0.0440. The first kappa shape index (κ1) is 5.05. The predicted molar refractivity (Wildman–Crippen MR) is 29.6 cm³/mol. The molecule has 1 unspecified atom stereocenters. The van der Waals surface area contributed by atoms with Crippen LogP contribution in [0.1, 0.15) is 0 Å². The van der Waals surface area contributed by atoms with E-state index < -0.39 is 0 Å². The molecular formula is C5H8N2O2. The maximum atomic E-state index is 10.8. The van der Waals surface area contributed by atoms with Crippen LogP contribution in [0.15, 0.2) is 0 Å². The summed E-state index contributed by atoms with van der Waals surface area (Å²) in [5.74, 6) is 0. The first-order valence-electron chi connectivity index (χ1n) is 2.96. The topological polar surface area (TPSA) is 32.8 Å². The fourth-order valence-electron chi connectivity index (χ4n) is 1.21. The number of hydrogen-bond acceptors (Lipinski definition) is 2. The largest absolute Gasteiger partial charge is 0.338 e. The van der Waals surface area contributed by atoms with Crippen LogP contribution < -0.4 is 0 Å². The van der Waals surface area contributed by atoms with Crippen molar-refractivity contribution >= 4 is 6.03 Å². The van der Waals surface area contributed by atoms with Crippen LogP contribution in [0.3, 0.4) is 0 Å². The van der Waals surface area contributed by atoms with Gasteiger partial charge in [-0.2, -0.15) is 0 Å². The van der Waals surface area contributed by atoms with Crippen molar-refractivity contribution < 1.29 is 9.53 Å². The molecule has 2 rings (SSSR count). The third kappa shape index (κ3) is 0.439. The van der Waals surface area contributed by atoms with Crippen molar-refractivity contribution in [2.75, 3.05) is 20.2 Å². The maximum Gasteiger partial charge on any atom is 0.326 e. The Labute approximate surface area is 53.0 Å². The Balaban J connectivity index is 2.14. The number of carbonyl (C=O) groups excluding carboxylic acids is 1. The summed E-state index contributed by atoms with van der Waals surface area (Å²) in [6.45, 7) is 1.44. The molecule has 2 saturated heterocycles. The molecule has 0 aromatic carbocycles. The number of ether oxygens (including phenoxy) is 1. The second kappa shape index (κ2) is 1.39. The smallest absolute Gasteiger partial charge is 0.326 e. The second-order valence-electron chi connectivity index (χ2n) is 2.28. The lowest BCUT2D eigenvalue weighted by atomic mass is 10.5. The van der Waals surface area contributed by atoms with E-state index in [1.165, 1.54) is 0 Å². The minimum Gasteiger partial charge on any atom is -0.338 e. The summed E-state index contributed by atoms with van der Waals surface area (Å²) >= 11 is 0. The molecule has 2 fully saturated rings. The summed E-state index contributed by atoms with van der Waals surface area (Å²) in [4.78, 5) is 14.1. The highest BCUT2D eigenvalue weighted by Crippen LogP contribution is 2.24. The van der Waals surface area contributed by atoms with Gasteiger partial charge in [-0.1, -0.05) is 0 Å². The van der Waals surface area contributed by atoms with Crippen molar-refractivity contribution in [3.05, 3.63) is 0 Å². The van der Waals surface area contributed by atoms with E-state index in [-0.39, 0.29) is 12.4 Å². The highest BCUT2D eigenvalue weighted by atomic mass is 16.5. The summed E-state index contributed by atoms with van der Waals surface area (Å²) in [7, 11) is 1.74. The molecule has 4 heteroatoms. The molecule has 9 heavy (non-hydrogen) atoms. The maximum absolute atomic E-state index is 10.8. The van der Waals surface area contributed by atoms with Crippen molar-refractivity contribution in [3.8, 4) is 0 Å². The minimum absolute atomic E-state index is 0.0440. The lowest BCUT2D eigenvalue weighted by Crippen LogP contribution is -2.63. The normalized spacial score (nSPS) is 32.6. The third-order valence-electron chi connectivity index (χ3n) is 1.74. The molecule has 0 aromatic rings. The van der Waals surface area contributed by atoms with Gasteiger partial charge in [-0.3, -0.25) is 9.80 Å². The van der Waals surface area contributed by atoms with Gasteiger partial charge in [0, 0.05) is 7.05 Å². The van der Waals surface area contributed by atoms with Gasteiger partial charge in [0.2, 0.25) is 6.35 Å². The Morgan fingerprint density at radius 2 is 2.56 bits per heavy atom. The number of fused-ring (bicyclic) bond motifs is 1. The number of amides is 2. The average Bonchev–Trinajstić information content (AvgIpc) is 2.30. The number of hydrogen-bond donors (Lipinski definition) is 0. The lowest BCUT2D eigenvalue weighted by Gasteiger charge is -2.41. The molecule has 0 aromatic heterocycles. The van der Waals surface area contributed by atoms with E-state index in [4.69, 9.17) is 4.74 Å². The van der Waals surface area contributed by atoms with E-state index >= 15 is 0 Å². The summed E-state index contributed by atoms with van der Waals surface area (Å²) in [5.41, 5.74) is 0. The summed E-state index contributed by atoms with van der Waals surface area (Å²) in [6, 6.07) is 0.0810. The van der Waals surface area contributed by atoms with E-state index in [1.807, 2.05) is 0 Å². The van der Waals surface area contributed by atoms with E-state index in [0.717, 1.165) is 6.54 Å². The van der Waals surface area contributed by atoms with Gasteiger partial charge in [-0.05, 0) is 0 Å². The van der Waals surface area contributed by atoms with Gasteiger partial charge in [-0.25, -0.2) is 4.79 Å². The van der Waals surface area contributed by atoms with Crippen molar-refractivity contribution in [2.45, 2.75) is 6.35 Å². The molecule has 0 spiro atoms. The fourth-order valence-corrected chi connectivity index (χ4v) is 1.21. The highest BCUT2D eigenvalue weighted by molar-refractivity contribution is 5.80. The third-order valence-corrected chi connectivity index (χ3v) is 1.74. The summed E-state index contributed by atoms with van der Waals surface area (Å²) in [6.07, 6.45) is -0.0440. The Morgan fingerprint density at radius 3 is 3.22 bits per heavy atom. The Kier molecular flexibility index (Phi) is 0.778.